The van der Waals surface area contributed by atoms with Gasteiger partial charge in [0.2, 0.25) is 5.96 Å². The number of aliphatic hydroxyl groups is 1. The van der Waals surface area contributed by atoms with Gasteiger partial charge in [0.15, 0.2) is 0 Å². The molecule has 1 aromatic carbocycles. The first kappa shape index (κ1) is 18.7. The van der Waals surface area contributed by atoms with Gasteiger partial charge in [0.1, 0.15) is 12.4 Å². The molecule has 0 radical (unpaired) electrons. The fourth-order valence-corrected chi connectivity index (χ4v) is 3.01. The summed E-state index contributed by atoms with van der Waals surface area (Å²) in [6.07, 6.45) is 1.58. The third-order valence-corrected chi connectivity index (χ3v) is 4.59. The van der Waals surface area contributed by atoms with Crippen molar-refractivity contribution in [2.24, 2.45) is 4.99 Å². The number of aliphatic imine (C=N–C) groups is 1. The predicted molar refractivity (Wildman–Crippen MR) is 100 cm³/mol. The number of hydroxylamine groups is 2. The number of nitrogens with one attached hydrogen (secondary N) is 1. The number of guanidine groups is 1. The molecule has 0 unspecified atom stereocenters. The van der Waals surface area contributed by atoms with Gasteiger partial charge >= 0.3 is 0 Å². The van der Waals surface area contributed by atoms with Crippen LogP contribution in [0, 0.1) is 6.92 Å². The van der Waals surface area contributed by atoms with Crippen LogP contribution < -0.4 is 5.32 Å². The molecule has 7 nitrogen and oxygen atoms in total. The second-order valence-electron chi connectivity index (χ2n) is 5.66. The number of anilines is 1. The lowest BCUT2D eigenvalue weighted by molar-refractivity contribution is -0.103. The summed E-state index contributed by atoms with van der Waals surface area (Å²) in [5.41, 5.74) is 2.00. The number of hydrogen-bond acceptors (Lipinski definition) is 7. The monoisotopic (exact) mass is 396 g/mol. The minimum absolute atomic E-state index is 0.0233. The van der Waals surface area contributed by atoms with E-state index in [9.17, 15) is 10.2 Å². The fourth-order valence-electron chi connectivity index (χ4n) is 2.52. The van der Waals surface area contributed by atoms with Crippen molar-refractivity contribution in [3.63, 3.8) is 0 Å². The van der Waals surface area contributed by atoms with E-state index in [4.69, 9.17) is 28.0 Å². The molecule has 0 fully saturated rings. The minimum atomic E-state index is -0.303. The van der Waals surface area contributed by atoms with Crippen molar-refractivity contribution in [3.8, 4) is 5.75 Å². The number of nitrogens with zero attached hydrogens (tertiary/aromatic N) is 3. The van der Waals surface area contributed by atoms with Crippen LogP contribution >= 0.6 is 23.2 Å². The number of aromatic hydroxyl groups is 1. The summed E-state index contributed by atoms with van der Waals surface area (Å²) in [7, 11) is 0. The van der Waals surface area contributed by atoms with Gasteiger partial charge in [-0.1, -0.05) is 29.3 Å². The number of rotatable bonds is 5. The Morgan fingerprint density at radius 2 is 2.04 bits per heavy atom. The summed E-state index contributed by atoms with van der Waals surface area (Å²) in [6, 6.07) is 5.21. The highest BCUT2D eigenvalue weighted by Gasteiger charge is 2.21. The van der Waals surface area contributed by atoms with Crippen LogP contribution in [0.1, 0.15) is 16.8 Å². The largest absolute Gasteiger partial charge is 0.506 e. The average molecular weight is 397 g/mol. The first-order valence-corrected chi connectivity index (χ1v) is 8.70. The summed E-state index contributed by atoms with van der Waals surface area (Å²) < 4.78 is 0. The maximum Gasteiger partial charge on any atom is 0.223 e. The number of halogens is 2. The van der Waals surface area contributed by atoms with Crippen molar-refractivity contribution in [1.29, 1.82) is 0 Å². The number of para-hydroxylation sites is 1. The van der Waals surface area contributed by atoms with Crippen LogP contribution in [0.3, 0.4) is 0 Å². The van der Waals surface area contributed by atoms with Crippen molar-refractivity contribution in [1.82, 2.24) is 10.0 Å². The standard InChI is InChI=1S/C17H18Cl2N4O3/c1-10-16(25)12(8-24)11(7-21-10)9-26-23-6-5-20-17(23)22-15-13(18)3-2-4-14(15)19/h2-4,7,24-25H,5-6,8-9H2,1H3,(H,20,22). The molecular weight excluding hydrogens is 379 g/mol. The molecule has 0 spiro atoms. The number of hydrogen-bond donors (Lipinski definition) is 3. The van der Waals surface area contributed by atoms with E-state index in [1.807, 2.05) is 0 Å². The van der Waals surface area contributed by atoms with Crippen LogP contribution in [0.25, 0.3) is 0 Å². The molecule has 1 aliphatic rings. The third kappa shape index (κ3) is 3.86. The molecule has 138 valence electrons. The average Bonchev–Trinajstić information content (AvgIpc) is 3.06. The topological polar surface area (TPSA) is 90.2 Å². The predicted octanol–water partition coefficient (Wildman–Crippen LogP) is 3.11. The Morgan fingerprint density at radius 3 is 2.73 bits per heavy atom. The van der Waals surface area contributed by atoms with Crippen molar-refractivity contribution in [2.45, 2.75) is 20.1 Å². The van der Waals surface area contributed by atoms with Gasteiger partial charge in [0, 0.05) is 17.3 Å². The molecule has 3 rings (SSSR count). The van der Waals surface area contributed by atoms with Gasteiger partial charge < -0.3 is 15.5 Å². The SMILES string of the molecule is Cc1ncc(CON2CCN=C2Nc2c(Cl)cccc2Cl)c(CO)c1O. The zero-order valence-corrected chi connectivity index (χ0v) is 15.5. The lowest BCUT2D eigenvalue weighted by atomic mass is 10.1. The molecule has 0 saturated heterocycles. The van der Waals surface area contributed by atoms with Gasteiger partial charge in [-0.2, -0.15) is 0 Å². The smallest absolute Gasteiger partial charge is 0.223 e. The van der Waals surface area contributed by atoms with Gasteiger partial charge in [-0.25, -0.2) is 10.1 Å². The molecule has 2 aromatic rings. The van der Waals surface area contributed by atoms with E-state index >= 15 is 0 Å². The maximum atomic E-state index is 10.0. The van der Waals surface area contributed by atoms with E-state index in [1.54, 1.807) is 36.4 Å². The molecule has 3 N–H and O–H groups in total. The Bertz CT molecular complexity index is 825. The highest BCUT2D eigenvalue weighted by atomic mass is 35.5. The second-order valence-corrected chi connectivity index (χ2v) is 6.47. The third-order valence-electron chi connectivity index (χ3n) is 3.96. The van der Waals surface area contributed by atoms with Crippen LogP contribution in [0.2, 0.25) is 10.0 Å². The number of pyridine rings is 1. The van der Waals surface area contributed by atoms with Gasteiger partial charge in [-0.3, -0.25) is 9.82 Å². The lowest BCUT2D eigenvalue weighted by Gasteiger charge is -2.22. The first-order valence-electron chi connectivity index (χ1n) is 7.94. The van der Waals surface area contributed by atoms with Crippen LogP contribution in [0.15, 0.2) is 29.4 Å². The van der Waals surface area contributed by atoms with Gasteiger partial charge in [-0.15, -0.1) is 0 Å². The van der Waals surface area contributed by atoms with E-state index in [1.165, 1.54) is 0 Å². The van der Waals surface area contributed by atoms with Crippen LogP contribution in [-0.4, -0.2) is 39.3 Å². The Morgan fingerprint density at radius 1 is 1.31 bits per heavy atom. The van der Waals surface area contributed by atoms with Crippen molar-refractivity contribution in [2.75, 3.05) is 18.4 Å². The van der Waals surface area contributed by atoms with E-state index in [2.05, 4.69) is 15.3 Å². The Hall–Kier alpha value is -2.06. The van der Waals surface area contributed by atoms with E-state index in [-0.39, 0.29) is 19.0 Å². The quantitative estimate of drug-likeness (QED) is 0.719. The molecule has 0 bridgehead atoms. The molecule has 1 aromatic heterocycles. The number of aromatic nitrogens is 1. The molecule has 1 aliphatic heterocycles. The molecule has 0 atom stereocenters. The summed E-state index contributed by atoms with van der Waals surface area (Å²) in [4.78, 5) is 14.2. The van der Waals surface area contributed by atoms with Crippen molar-refractivity contribution >= 4 is 34.8 Å². The Balaban J connectivity index is 1.71. The molecule has 0 aliphatic carbocycles. The highest BCUT2D eigenvalue weighted by molar-refractivity contribution is 6.39. The van der Waals surface area contributed by atoms with E-state index < -0.39 is 0 Å². The van der Waals surface area contributed by atoms with E-state index in [0.29, 0.717) is 51.6 Å². The summed E-state index contributed by atoms with van der Waals surface area (Å²) in [6.45, 7) is 2.58. The normalized spacial score (nSPS) is 13.8. The molecule has 0 amide bonds. The number of aryl methyl sites for hydroxylation is 1. The zero-order chi connectivity index (χ0) is 18.7. The van der Waals surface area contributed by atoms with Crippen molar-refractivity contribution in [3.05, 3.63) is 51.3 Å². The summed E-state index contributed by atoms with van der Waals surface area (Å²) in [5.74, 6) is 0.458. The summed E-state index contributed by atoms with van der Waals surface area (Å²) in [5, 5.41) is 25.1. The molecule has 26 heavy (non-hydrogen) atoms. The summed E-state index contributed by atoms with van der Waals surface area (Å²) >= 11 is 12.4. The Labute approximate surface area is 160 Å². The Kier molecular flexibility index (Phi) is 5.83. The molecular formula is C17H18Cl2N4O3. The van der Waals surface area contributed by atoms with Crippen LogP contribution in [0.5, 0.6) is 5.75 Å². The van der Waals surface area contributed by atoms with Crippen LogP contribution in [-0.2, 0) is 18.1 Å². The van der Waals surface area contributed by atoms with Gasteiger partial charge in [0.05, 0.1) is 41.1 Å². The minimum Gasteiger partial charge on any atom is -0.506 e. The van der Waals surface area contributed by atoms with Crippen molar-refractivity contribution < 1.29 is 15.1 Å². The maximum absolute atomic E-state index is 10.0. The van der Waals surface area contributed by atoms with E-state index in [0.717, 1.165) is 0 Å². The lowest BCUT2D eigenvalue weighted by Crippen LogP contribution is -2.33. The molecule has 9 heteroatoms. The zero-order valence-electron chi connectivity index (χ0n) is 14.0. The first-order chi connectivity index (χ1) is 12.5. The second kappa shape index (κ2) is 8.09. The van der Waals surface area contributed by atoms with Gasteiger partial charge in [0.25, 0.3) is 0 Å². The van der Waals surface area contributed by atoms with Gasteiger partial charge in [-0.05, 0) is 19.1 Å². The number of aliphatic hydroxyl groups excluding tert-OH is 1. The fraction of sp³-hybridized carbons (Fsp3) is 0.294. The molecule has 2 heterocycles. The van der Waals surface area contributed by atoms with Crippen LogP contribution in [0.4, 0.5) is 5.69 Å². The number of benzene rings is 1. The highest BCUT2D eigenvalue weighted by Crippen LogP contribution is 2.30. The molecule has 0 saturated carbocycles.